The second kappa shape index (κ2) is 4.82. The van der Waals surface area contributed by atoms with E-state index in [0.717, 1.165) is 21.7 Å². The van der Waals surface area contributed by atoms with Crippen LogP contribution in [0.25, 0.3) is 5.65 Å². The molecule has 0 bridgehead atoms. The van der Waals surface area contributed by atoms with Crippen molar-refractivity contribution in [2.24, 2.45) is 0 Å². The predicted molar refractivity (Wildman–Crippen MR) is 73.7 cm³/mol. The maximum atomic E-state index is 5.73. The van der Waals surface area contributed by atoms with Gasteiger partial charge in [-0.25, -0.2) is 4.98 Å². The van der Waals surface area contributed by atoms with Gasteiger partial charge in [0.05, 0.1) is 16.5 Å². The SMILES string of the molecule is Brc1cccc2ncc(COc3ccccc3)n12. The van der Waals surface area contributed by atoms with Gasteiger partial charge in [0.1, 0.15) is 18.0 Å². The van der Waals surface area contributed by atoms with Crippen LogP contribution < -0.4 is 4.74 Å². The van der Waals surface area contributed by atoms with Crippen LogP contribution in [0.4, 0.5) is 0 Å². The molecule has 2 aromatic heterocycles. The summed E-state index contributed by atoms with van der Waals surface area (Å²) in [6.07, 6.45) is 1.84. The van der Waals surface area contributed by atoms with E-state index in [1.807, 2.05) is 59.1 Å². The molecule has 0 N–H and O–H groups in total. The highest BCUT2D eigenvalue weighted by molar-refractivity contribution is 9.10. The Morgan fingerprint density at radius 3 is 2.72 bits per heavy atom. The fraction of sp³-hybridized carbons (Fsp3) is 0.0714. The highest BCUT2D eigenvalue weighted by Crippen LogP contribution is 2.17. The largest absolute Gasteiger partial charge is 0.487 e. The number of hydrogen-bond acceptors (Lipinski definition) is 2. The van der Waals surface area contributed by atoms with Crippen LogP contribution >= 0.6 is 15.9 Å². The first kappa shape index (κ1) is 11.3. The van der Waals surface area contributed by atoms with Crippen molar-refractivity contribution in [3.63, 3.8) is 0 Å². The average Bonchev–Trinajstić information content (AvgIpc) is 2.82. The van der Waals surface area contributed by atoms with Crippen LogP contribution in [0.2, 0.25) is 0 Å². The van der Waals surface area contributed by atoms with E-state index < -0.39 is 0 Å². The van der Waals surface area contributed by atoms with Crippen molar-refractivity contribution in [2.75, 3.05) is 0 Å². The van der Waals surface area contributed by atoms with Crippen molar-refractivity contribution in [3.8, 4) is 5.75 Å². The van der Waals surface area contributed by atoms with Crippen LogP contribution in [0.5, 0.6) is 5.75 Å². The van der Waals surface area contributed by atoms with Gasteiger partial charge in [0.25, 0.3) is 0 Å². The van der Waals surface area contributed by atoms with E-state index in [1.54, 1.807) is 0 Å². The molecule has 3 aromatic rings. The van der Waals surface area contributed by atoms with Crippen molar-refractivity contribution in [1.29, 1.82) is 0 Å². The van der Waals surface area contributed by atoms with Crippen LogP contribution in [0, 0.1) is 0 Å². The maximum absolute atomic E-state index is 5.73. The molecule has 4 heteroatoms. The van der Waals surface area contributed by atoms with Crippen LogP contribution in [-0.2, 0) is 6.61 Å². The lowest BCUT2D eigenvalue weighted by atomic mass is 10.3. The van der Waals surface area contributed by atoms with E-state index in [4.69, 9.17) is 4.74 Å². The number of halogens is 1. The molecule has 1 aromatic carbocycles. The molecule has 0 aliphatic rings. The first-order valence-corrected chi connectivity index (χ1v) is 6.42. The Balaban J connectivity index is 1.87. The molecule has 0 spiro atoms. The number of hydrogen-bond donors (Lipinski definition) is 0. The maximum Gasteiger partial charge on any atom is 0.137 e. The summed E-state index contributed by atoms with van der Waals surface area (Å²) in [5.74, 6) is 0.861. The summed E-state index contributed by atoms with van der Waals surface area (Å²) in [7, 11) is 0. The number of imidazole rings is 1. The zero-order valence-corrected chi connectivity index (χ0v) is 11.2. The fourth-order valence-corrected chi connectivity index (χ4v) is 2.39. The molecule has 3 nitrogen and oxygen atoms in total. The fourth-order valence-electron chi connectivity index (χ4n) is 1.83. The molecular formula is C14H11BrN2O. The molecule has 0 aliphatic heterocycles. The monoisotopic (exact) mass is 302 g/mol. The van der Waals surface area contributed by atoms with Crippen LogP contribution in [0.1, 0.15) is 5.69 Å². The summed E-state index contributed by atoms with van der Waals surface area (Å²) in [6.45, 7) is 0.494. The van der Waals surface area contributed by atoms with Gasteiger partial charge in [0, 0.05) is 0 Å². The summed E-state index contributed by atoms with van der Waals surface area (Å²) in [5, 5.41) is 0. The first-order valence-electron chi connectivity index (χ1n) is 5.63. The summed E-state index contributed by atoms with van der Waals surface area (Å²) < 4.78 is 8.74. The van der Waals surface area contributed by atoms with Gasteiger partial charge in [-0.2, -0.15) is 0 Å². The minimum absolute atomic E-state index is 0.494. The normalized spacial score (nSPS) is 10.7. The number of pyridine rings is 1. The predicted octanol–water partition coefficient (Wildman–Crippen LogP) is 3.68. The number of benzene rings is 1. The van der Waals surface area contributed by atoms with Crippen molar-refractivity contribution < 1.29 is 4.74 Å². The van der Waals surface area contributed by atoms with Crippen molar-refractivity contribution in [3.05, 3.63) is 65.0 Å². The molecule has 18 heavy (non-hydrogen) atoms. The lowest BCUT2D eigenvalue weighted by Crippen LogP contribution is -2.00. The highest BCUT2D eigenvalue weighted by Gasteiger charge is 2.06. The third-order valence-corrected chi connectivity index (χ3v) is 3.30. The van der Waals surface area contributed by atoms with Crippen LogP contribution in [0.15, 0.2) is 59.3 Å². The standard InChI is InChI=1S/C14H11BrN2O/c15-13-7-4-8-14-16-9-11(17(13)14)10-18-12-5-2-1-3-6-12/h1-9H,10H2. The number of fused-ring (bicyclic) bond motifs is 1. The molecule has 90 valence electrons. The van der Waals surface area contributed by atoms with E-state index in [0.29, 0.717) is 6.61 Å². The molecule has 0 aliphatic carbocycles. The lowest BCUT2D eigenvalue weighted by molar-refractivity contribution is 0.300. The van der Waals surface area contributed by atoms with Gasteiger partial charge in [-0.3, -0.25) is 4.40 Å². The third kappa shape index (κ3) is 2.11. The summed E-state index contributed by atoms with van der Waals surface area (Å²) in [6, 6.07) is 15.7. The molecular weight excluding hydrogens is 292 g/mol. The molecule has 2 heterocycles. The molecule has 0 amide bonds. The van der Waals surface area contributed by atoms with Gasteiger partial charge in [-0.15, -0.1) is 0 Å². The van der Waals surface area contributed by atoms with Gasteiger partial charge in [-0.1, -0.05) is 24.3 Å². The Hall–Kier alpha value is -1.81. The second-order valence-corrected chi connectivity index (χ2v) is 4.71. The quantitative estimate of drug-likeness (QED) is 0.690. The van der Waals surface area contributed by atoms with Crippen LogP contribution in [-0.4, -0.2) is 9.38 Å². The zero-order valence-electron chi connectivity index (χ0n) is 9.58. The Morgan fingerprint density at radius 2 is 1.89 bits per heavy atom. The Kier molecular flexibility index (Phi) is 3.02. The van der Waals surface area contributed by atoms with Crippen molar-refractivity contribution >= 4 is 21.6 Å². The first-order chi connectivity index (χ1) is 8.84. The van der Waals surface area contributed by atoms with Gasteiger partial charge in [-0.05, 0) is 40.2 Å². The minimum Gasteiger partial charge on any atom is -0.487 e. The molecule has 3 rings (SSSR count). The van der Waals surface area contributed by atoms with Gasteiger partial charge < -0.3 is 4.74 Å². The summed E-state index contributed by atoms with van der Waals surface area (Å²) in [4.78, 5) is 4.34. The number of aromatic nitrogens is 2. The number of ether oxygens (including phenoxy) is 1. The number of nitrogens with zero attached hydrogens (tertiary/aromatic N) is 2. The molecule has 0 saturated carbocycles. The Morgan fingerprint density at radius 1 is 1.06 bits per heavy atom. The second-order valence-electron chi connectivity index (χ2n) is 3.89. The van der Waals surface area contributed by atoms with E-state index >= 15 is 0 Å². The summed E-state index contributed by atoms with van der Waals surface area (Å²) in [5.41, 5.74) is 1.93. The van der Waals surface area contributed by atoms with Gasteiger partial charge in [0.2, 0.25) is 0 Å². The zero-order chi connectivity index (χ0) is 12.4. The molecule has 0 fully saturated rings. The third-order valence-electron chi connectivity index (χ3n) is 2.68. The van der Waals surface area contributed by atoms with E-state index in [2.05, 4.69) is 20.9 Å². The smallest absolute Gasteiger partial charge is 0.137 e. The number of rotatable bonds is 3. The highest BCUT2D eigenvalue weighted by atomic mass is 79.9. The Bertz CT molecular complexity index is 664. The Labute approximate surface area is 113 Å². The van der Waals surface area contributed by atoms with E-state index in [-0.39, 0.29) is 0 Å². The van der Waals surface area contributed by atoms with Crippen molar-refractivity contribution in [2.45, 2.75) is 6.61 Å². The van der Waals surface area contributed by atoms with E-state index in [1.165, 1.54) is 0 Å². The van der Waals surface area contributed by atoms with Crippen LogP contribution in [0.3, 0.4) is 0 Å². The lowest BCUT2D eigenvalue weighted by Gasteiger charge is -2.06. The molecule has 0 saturated heterocycles. The van der Waals surface area contributed by atoms with Gasteiger partial charge in [0.15, 0.2) is 0 Å². The topological polar surface area (TPSA) is 26.5 Å². The molecule has 0 atom stereocenters. The number of para-hydroxylation sites is 1. The summed E-state index contributed by atoms with van der Waals surface area (Å²) >= 11 is 3.52. The van der Waals surface area contributed by atoms with Gasteiger partial charge >= 0.3 is 0 Å². The molecule has 0 unspecified atom stereocenters. The average molecular weight is 303 g/mol. The minimum atomic E-state index is 0.494. The van der Waals surface area contributed by atoms with Crippen molar-refractivity contribution in [1.82, 2.24) is 9.38 Å². The van der Waals surface area contributed by atoms with E-state index in [9.17, 15) is 0 Å². The molecule has 0 radical (unpaired) electrons.